The lowest BCUT2D eigenvalue weighted by molar-refractivity contribution is -0.117. The molecule has 28 heavy (non-hydrogen) atoms. The summed E-state index contributed by atoms with van der Waals surface area (Å²) in [5.74, 6) is 0.670. The molecule has 0 spiro atoms. The van der Waals surface area contributed by atoms with Crippen molar-refractivity contribution < 1.29 is 14.0 Å². The third kappa shape index (κ3) is 4.59. The van der Waals surface area contributed by atoms with Crippen molar-refractivity contribution in [2.24, 2.45) is 0 Å². The topological polar surface area (TPSA) is 91.6 Å². The van der Waals surface area contributed by atoms with Crippen LogP contribution < -0.4 is 5.32 Å². The molecule has 2 amide bonds. The van der Waals surface area contributed by atoms with Crippen LogP contribution in [0.2, 0.25) is 0 Å². The lowest BCUT2D eigenvalue weighted by atomic mass is 9.90. The molecule has 3 heterocycles. The largest absolute Gasteiger partial charge is 0.459 e. The van der Waals surface area contributed by atoms with Crippen molar-refractivity contribution in [1.82, 2.24) is 20.0 Å². The van der Waals surface area contributed by atoms with Crippen molar-refractivity contribution in [2.75, 3.05) is 38.0 Å². The first-order chi connectivity index (χ1) is 13.7. The Balaban J connectivity index is 1.23. The molecule has 1 aliphatic heterocycles. The number of anilines is 1. The predicted octanol–water partition coefficient (Wildman–Crippen LogP) is 2.58. The number of nitrogens with zero attached hydrogens (tertiary/aromatic N) is 4. The molecule has 0 aromatic carbocycles. The van der Waals surface area contributed by atoms with E-state index in [9.17, 15) is 9.59 Å². The number of aromatic nitrogens is 2. The van der Waals surface area contributed by atoms with Crippen molar-refractivity contribution in [3.63, 3.8) is 0 Å². The van der Waals surface area contributed by atoms with E-state index in [4.69, 9.17) is 4.42 Å². The van der Waals surface area contributed by atoms with Crippen LogP contribution >= 0.6 is 11.3 Å². The van der Waals surface area contributed by atoms with Gasteiger partial charge in [-0.15, -0.1) is 10.2 Å². The fraction of sp³-hybridized carbons (Fsp3) is 0.579. The van der Waals surface area contributed by atoms with Gasteiger partial charge in [-0.05, 0) is 25.0 Å². The summed E-state index contributed by atoms with van der Waals surface area (Å²) >= 11 is 1.50. The van der Waals surface area contributed by atoms with Crippen molar-refractivity contribution >= 4 is 28.3 Å². The molecule has 0 radical (unpaired) electrons. The van der Waals surface area contributed by atoms with Gasteiger partial charge in [0.1, 0.15) is 5.01 Å². The Bertz CT molecular complexity index is 792. The van der Waals surface area contributed by atoms with Gasteiger partial charge in [-0.25, -0.2) is 0 Å². The summed E-state index contributed by atoms with van der Waals surface area (Å²) in [4.78, 5) is 28.4. The van der Waals surface area contributed by atoms with Crippen molar-refractivity contribution in [3.05, 3.63) is 29.2 Å². The monoisotopic (exact) mass is 403 g/mol. The Kier molecular flexibility index (Phi) is 6.01. The third-order valence-electron chi connectivity index (χ3n) is 5.40. The number of hydrogen-bond acceptors (Lipinski definition) is 7. The highest BCUT2D eigenvalue weighted by Gasteiger charge is 2.25. The van der Waals surface area contributed by atoms with Gasteiger partial charge in [0.15, 0.2) is 5.76 Å². The maximum Gasteiger partial charge on any atom is 0.289 e. The molecule has 0 atom stereocenters. The minimum absolute atomic E-state index is 0.0860. The fourth-order valence-corrected chi connectivity index (χ4v) is 4.76. The first-order valence-electron chi connectivity index (χ1n) is 9.87. The number of hydrogen-bond donors (Lipinski definition) is 1. The van der Waals surface area contributed by atoms with Gasteiger partial charge in [0.05, 0.1) is 12.8 Å². The van der Waals surface area contributed by atoms with Gasteiger partial charge in [0, 0.05) is 32.1 Å². The van der Waals surface area contributed by atoms with Gasteiger partial charge in [-0.2, -0.15) is 0 Å². The zero-order valence-corrected chi connectivity index (χ0v) is 16.6. The molecule has 2 aromatic heterocycles. The molecule has 1 saturated heterocycles. The maximum atomic E-state index is 12.4. The summed E-state index contributed by atoms with van der Waals surface area (Å²) in [7, 11) is 0. The average molecular weight is 404 g/mol. The molecule has 0 unspecified atom stereocenters. The zero-order chi connectivity index (χ0) is 19.3. The molecule has 9 heteroatoms. The second-order valence-electron chi connectivity index (χ2n) is 7.37. The van der Waals surface area contributed by atoms with E-state index in [0.717, 1.165) is 5.01 Å². The number of rotatable bonds is 5. The smallest absolute Gasteiger partial charge is 0.289 e. The van der Waals surface area contributed by atoms with Crippen LogP contribution in [-0.2, 0) is 4.79 Å². The number of carbonyl (C=O) groups is 2. The van der Waals surface area contributed by atoms with Crippen molar-refractivity contribution in [1.29, 1.82) is 0 Å². The Morgan fingerprint density at radius 3 is 2.64 bits per heavy atom. The Morgan fingerprint density at radius 2 is 1.93 bits per heavy atom. The molecule has 1 aliphatic carbocycles. The number of furan rings is 1. The van der Waals surface area contributed by atoms with Crippen LogP contribution in [0.25, 0.3) is 0 Å². The molecule has 1 N–H and O–H groups in total. The SMILES string of the molecule is O=C(CN1CCN(C(=O)c2ccco2)CC1)Nc1nnc(C2CCCCC2)s1. The highest BCUT2D eigenvalue weighted by molar-refractivity contribution is 7.15. The lowest BCUT2D eigenvalue weighted by Crippen LogP contribution is -2.50. The van der Waals surface area contributed by atoms with E-state index in [1.807, 2.05) is 4.90 Å². The molecule has 2 fully saturated rings. The van der Waals surface area contributed by atoms with E-state index in [0.29, 0.717) is 49.5 Å². The highest BCUT2D eigenvalue weighted by atomic mass is 32.1. The standard InChI is InChI=1S/C19H25N5O3S/c25-16(20-19-22-21-17(28-19)14-5-2-1-3-6-14)13-23-8-10-24(11-9-23)18(26)15-7-4-12-27-15/h4,7,12,14H,1-3,5-6,8-11,13H2,(H,20,22,25). The quantitative estimate of drug-likeness (QED) is 0.825. The molecule has 150 valence electrons. The first kappa shape index (κ1) is 19.1. The zero-order valence-electron chi connectivity index (χ0n) is 15.8. The second kappa shape index (κ2) is 8.83. The summed E-state index contributed by atoms with van der Waals surface area (Å²) in [6.45, 7) is 2.77. The van der Waals surface area contributed by atoms with E-state index in [-0.39, 0.29) is 11.8 Å². The molecular weight excluding hydrogens is 378 g/mol. The van der Waals surface area contributed by atoms with Crippen molar-refractivity contribution in [2.45, 2.75) is 38.0 Å². The van der Waals surface area contributed by atoms with Crippen LogP contribution in [0.5, 0.6) is 0 Å². The van der Waals surface area contributed by atoms with Crippen LogP contribution in [-0.4, -0.2) is 64.5 Å². The minimum atomic E-state index is -0.0989. The fourth-order valence-electron chi connectivity index (χ4n) is 3.83. The average Bonchev–Trinajstić information content (AvgIpc) is 3.41. The third-order valence-corrected chi connectivity index (χ3v) is 6.40. The summed E-state index contributed by atoms with van der Waals surface area (Å²) in [6, 6.07) is 3.38. The number of nitrogens with one attached hydrogen (secondary N) is 1. The van der Waals surface area contributed by atoms with Gasteiger partial charge in [0.25, 0.3) is 5.91 Å². The summed E-state index contributed by atoms with van der Waals surface area (Å²) in [5, 5.41) is 12.9. The highest BCUT2D eigenvalue weighted by Crippen LogP contribution is 2.35. The minimum Gasteiger partial charge on any atom is -0.459 e. The summed E-state index contributed by atoms with van der Waals surface area (Å²) in [5.41, 5.74) is 0. The van der Waals surface area contributed by atoms with Crippen LogP contribution in [0.1, 0.15) is 53.6 Å². The van der Waals surface area contributed by atoms with E-state index in [2.05, 4.69) is 15.5 Å². The lowest BCUT2D eigenvalue weighted by Gasteiger charge is -2.33. The van der Waals surface area contributed by atoms with Gasteiger partial charge in [-0.1, -0.05) is 30.6 Å². The molecule has 2 aromatic rings. The summed E-state index contributed by atoms with van der Waals surface area (Å²) in [6.07, 6.45) is 7.65. The number of amides is 2. The van der Waals surface area contributed by atoms with E-state index in [1.165, 1.54) is 49.7 Å². The normalized spacial score (nSPS) is 18.9. The van der Waals surface area contributed by atoms with E-state index in [1.54, 1.807) is 17.0 Å². The molecule has 0 bridgehead atoms. The van der Waals surface area contributed by atoms with Gasteiger partial charge >= 0.3 is 0 Å². The van der Waals surface area contributed by atoms with Gasteiger partial charge < -0.3 is 9.32 Å². The Hall–Kier alpha value is -2.26. The molecule has 2 aliphatic rings. The van der Waals surface area contributed by atoms with Crippen LogP contribution in [0.15, 0.2) is 22.8 Å². The predicted molar refractivity (Wildman–Crippen MR) is 105 cm³/mol. The van der Waals surface area contributed by atoms with E-state index < -0.39 is 0 Å². The first-order valence-corrected chi connectivity index (χ1v) is 10.7. The van der Waals surface area contributed by atoms with Crippen LogP contribution in [0, 0.1) is 0 Å². The summed E-state index contributed by atoms with van der Waals surface area (Å²) < 4.78 is 5.17. The number of piperazine rings is 1. The molecular formula is C19H25N5O3S. The van der Waals surface area contributed by atoms with Crippen LogP contribution in [0.3, 0.4) is 0 Å². The molecule has 4 rings (SSSR count). The molecule has 8 nitrogen and oxygen atoms in total. The Labute approximate surface area is 167 Å². The second-order valence-corrected chi connectivity index (χ2v) is 8.38. The Morgan fingerprint density at radius 1 is 1.14 bits per heavy atom. The number of carbonyl (C=O) groups excluding carboxylic acids is 2. The van der Waals surface area contributed by atoms with Gasteiger partial charge in [0.2, 0.25) is 11.0 Å². The van der Waals surface area contributed by atoms with Crippen molar-refractivity contribution in [3.8, 4) is 0 Å². The maximum absolute atomic E-state index is 12.4. The van der Waals surface area contributed by atoms with Gasteiger partial charge in [-0.3, -0.25) is 19.8 Å². The van der Waals surface area contributed by atoms with Crippen LogP contribution in [0.4, 0.5) is 5.13 Å². The van der Waals surface area contributed by atoms with E-state index >= 15 is 0 Å². The molecule has 1 saturated carbocycles.